The van der Waals surface area contributed by atoms with E-state index < -0.39 is 5.97 Å². The van der Waals surface area contributed by atoms with E-state index in [0.29, 0.717) is 11.3 Å². The summed E-state index contributed by atoms with van der Waals surface area (Å²) in [4.78, 5) is 31.7. The standard InChI is InChI=1S/C25H27N3O3S/c1-3-17-6-8-18(9-7-17)24-26-20(16-32-24)15-23(29)27-21-14-19(25(30)31-2)10-11-22(21)28-12-4-5-13-28/h6-11,14,16H,3-5,12-13,15H2,1-2H3,(H,27,29). The number of esters is 1. The van der Waals surface area contributed by atoms with Crippen LogP contribution in [0.15, 0.2) is 47.8 Å². The van der Waals surface area contributed by atoms with Gasteiger partial charge in [0, 0.05) is 24.0 Å². The zero-order valence-corrected chi connectivity index (χ0v) is 19.2. The highest BCUT2D eigenvalue weighted by Gasteiger charge is 2.19. The summed E-state index contributed by atoms with van der Waals surface area (Å²) in [6.45, 7) is 4.00. The molecule has 166 valence electrons. The van der Waals surface area contributed by atoms with Gasteiger partial charge in [-0.05, 0) is 43.0 Å². The Bertz CT molecular complexity index is 1100. The quantitative estimate of drug-likeness (QED) is 0.517. The van der Waals surface area contributed by atoms with E-state index in [9.17, 15) is 9.59 Å². The monoisotopic (exact) mass is 449 g/mol. The lowest BCUT2D eigenvalue weighted by atomic mass is 10.1. The van der Waals surface area contributed by atoms with Crippen molar-refractivity contribution < 1.29 is 14.3 Å². The first-order chi connectivity index (χ1) is 15.6. The first-order valence-corrected chi connectivity index (χ1v) is 11.8. The van der Waals surface area contributed by atoms with Crippen molar-refractivity contribution in [2.45, 2.75) is 32.6 Å². The van der Waals surface area contributed by atoms with Gasteiger partial charge in [-0.2, -0.15) is 0 Å². The summed E-state index contributed by atoms with van der Waals surface area (Å²) >= 11 is 1.54. The van der Waals surface area contributed by atoms with Crippen LogP contribution in [0, 0.1) is 0 Å². The smallest absolute Gasteiger partial charge is 0.337 e. The number of carbonyl (C=O) groups excluding carboxylic acids is 2. The van der Waals surface area contributed by atoms with Crippen LogP contribution in [-0.4, -0.2) is 37.1 Å². The van der Waals surface area contributed by atoms with Gasteiger partial charge in [0.2, 0.25) is 5.91 Å². The number of benzene rings is 2. The zero-order valence-electron chi connectivity index (χ0n) is 18.4. The van der Waals surface area contributed by atoms with Crippen molar-refractivity contribution in [1.82, 2.24) is 4.98 Å². The van der Waals surface area contributed by atoms with Crippen molar-refractivity contribution in [3.63, 3.8) is 0 Å². The molecule has 6 nitrogen and oxygen atoms in total. The molecule has 0 radical (unpaired) electrons. The number of methoxy groups -OCH3 is 1. The van der Waals surface area contributed by atoms with Crippen molar-refractivity contribution in [3.05, 3.63) is 64.7 Å². The number of aryl methyl sites for hydroxylation is 1. The minimum absolute atomic E-state index is 0.161. The van der Waals surface area contributed by atoms with Crippen LogP contribution < -0.4 is 10.2 Å². The Kier molecular flexibility index (Phi) is 6.85. The third-order valence-corrected chi connectivity index (χ3v) is 6.58. The predicted octanol–water partition coefficient (Wildman–Crippen LogP) is 4.94. The second-order valence-corrected chi connectivity index (χ2v) is 8.70. The fraction of sp³-hybridized carbons (Fsp3) is 0.320. The van der Waals surface area contributed by atoms with Crippen LogP contribution in [0.4, 0.5) is 11.4 Å². The van der Waals surface area contributed by atoms with Gasteiger partial charge in [0.05, 0.1) is 36.2 Å². The molecule has 1 saturated heterocycles. The van der Waals surface area contributed by atoms with E-state index in [1.54, 1.807) is 12.1 Å². The van der Waals surface area contributed by atoms with Gasteiger partial charge in [0.1, 0.15) is 5.01 Å². The minimum Gasteiger partial charge on any atom is -0.465 e. The number of hydrogen-bond donors (Lipinski definition) is 1. The predicted molar refractivity (Wildman–Crippen MR) is 128 cm³/mol. The number of rotatable bonds is 7. The van der Waals surface area contributed by atoms with E-state index in [-0.39, 0.29) is 12.3 Å². The molecular weight excluding hydrogens is 422 g/mol. The van der Waals surface area contributed by atoms with Gasteiger partial charge in [-0.25, -0.2) is 9.78 Å². The summed E-state index contributed by atoms with van der Waals surface area (Å²) in [7, 11) is 1.35. The maximum absolute atomic E-state index is 12.8. The van der Waals surface area contributed by atoms with Gasteiger partial charge in [-0.1, -0.05) is 31.2 Å². The third-order valence-electron chi connectivity index (χ3n) is 5.64. The van der Waals surface area contributed by atoms with Gasteiger partial charge >= 0.3 is 5.97 Å². The molecule has 7 heteroatoms. The van der Waals surface area contributed by atoms with E-state index >= 15 is 0 Å². The van der Waals surface area contributed by atoms with Gasteiger partial charge in [-0.15, -0.1) is 11.3 Å². The van der Waals surface area contributed by atoms with Crippen LogP contribution in [0.2, 0.25) is 0 Å². The average molecular weight is 450 g/mol. The molecule has 3 aromatic rings. The van der Waals surface area contributed by atoms with Gasteiger partial charge < -0.3 is 15.0 Å². The number of hydrogen-bond acceptors (Lipinski definition) is 6. The largest absolute Gasteiger partial charge is 0.465 e. The lowest BCUT2D eigenvalue weighted by molar-refractivity contribution is -0.115. The van der Waals surface area contributed by atoms with Crippen molar-refractivity contribution in [3.8, 4) is 10.6 Å². The number of amides is 1. The number of aromatic nitrogens is 1. The average Bonchev–Trinajstić information content (AvgIpc) is 3.51. The number of nitrogens with zero attached hydrogens (tertiary/aromatic N) is 2. The highest BCUT2D eigenvalue weighted by Crippen LogP contribution is 2.31. The highest BCUT2D eigenvalue weighted by atomic mass is 32.1. The van der Waals surface area contributed by atoms with Crippen LogP contribution in [0.5, 0.6) is 0 Å². The fourth-order valence-corrected chi connectivity index (χ4v) is 4.70. The molecule has 1 aliphatic rings. The van der Waals surface area contributed by atoms with Gasteiger partial charge in [-0.3, -0.25) is 4.79 Å². The molecule has 32 heavy (non-hydrogen) atoms. The van der Waals surface area contributed by atoms with E-state index in [1.165, 1.54) is 24.0 Å². The molecular formula is C25H27N3O3S. The van der Waals surface area contributed by atoms with Crippen LogP contribution >= 0.6 is 11.3 Å². The Hall–Kier alpha value is -3.19. The van der Waals surface area contributed by atoms with E-state index in [0.717, 1.165) is 54.3 Å². The maximum Gasteiger partial charge on any atom is 0.337 e. The third kappa shape index (κ3) is 4.99. The SMILES string of the molecule is CCc1ccc(-c2nc(CC(=O)Nc3cc(C(=O)OC)ccc3N3CCCC3)cs2)cc1. The lowest BCUT2D eigenvalue weighted by Crippen LogP contribution is -2.22. The molecule has 1 aliphatic heterocycles. The number of anilines is 2. The lowest BCUT2D eigenvalue weighted by Gasteiger charge is -2.22. The van der Waals surface area contributed by atoms with Crippen LogP contribution in [0.3, 0.4) is 0 Å². The fourth-order valence-electron chi connectivity index (χ4n) is 3.88. The Labute approximate surface area is 192 Å². The molecule has 1 fully saturated rings. The Morgan fingerprint density at radius 3 is 2.56 bits per heavy atom. The van der Waals surface area contributed by atoms with Crippen molar-refractivity contribution in [1.29, 1.82) is 0 Å². The topological polar surface area (TPSA) is 71.5 Å². The van der Waals surface area contributed by atoms with Crippen molar-refractivity contribution in [2.75, 3.05) is 30.4 Å². The normalized spacial score (nSPS) is 13.2. The van der Waals surface area contributed by atoms with E-state index in [2.05, 4.69) is 46.4 Å². The molecule has 0 unspecified atom stereocenters. The minimum atomic E-state index is -0.424. The summed E-state index contributed by atoms with van der Waals surface area (Å²) in [6.07, 6.45) is 3.41. The molecule has 2 heterocycles. The van der Waals surface area contributed by atoms with Gasteiger partial charge in [0.15, 0.2) is 0 Å². The molecule has 0 saturated carbocycles. The van der Waals surface area contributed by atoms with Crippen LogP contribution in [0.25, 0.3) is 10.6 Å². The molecule has 1 amide bonds. The maximum atomic E-state index is 12.8. The Morgan fingerprint density at radius 2 is 1.88 bits per heavy atom. The first kappa shape index (κ1) is 22.0. The second kappa shape index (κ2) is 9.96. The summed E-state index contributed by atoms with van der Waals surface area (Å²) in [5.41, 5.74) is 5.05. The molecule has 0 atom stereocenters. The zero-order chi connectivity index (χ0) is 22.5. The number of nitrogens with one attached hydrogen (secondary N) is 1. The van der Waals surface area contributed by atoms with Crippen LogP contribution in [0.1, 0.15) is 41.4 Å². The van der Waals surface area contributed by atoms with Crippen molar-refractivity contribution >= 4 is 34.6 Å². The summed E-state index contributed by atoms with van der Waals surface area (Å²) in [5, 5.41) is 5.82. The molecule has 1 N–H and O–H groups in total. The molecule has 2 aromatic carbocycles. The molecule has 1 aromatic heterocycles. The van der Waals surface area contributed by atoms with Crippen LogP contribution in [-0.2, 0) is 22.4 Å². The molecule has 0 aliphatic carbocycles. The summed E-state index contributed by atoms with van der Waals surface area (Å²) < 4.78 is 4.84. The number of thiazole rings is 1. The number of ether oxygens (including phenoxy) is 1. The highest BCUT2D eigenvalue weighted by molar-refractivity contribution is 7.13. The first-order valence-electron chi connectivity index (χ1n) is 10.9. The Morgan fingerprint density at radius 1 is 1.12 bits per heavy atom. The van der Waals surface area contributed by atoms with Gasteiger partial charge in [0.25, 0.3) is 0 Å². The Balaban J connectivity index is 1.49. The molecule has 0 spiro atoms. The molecule has 0 bridgehead atoms. The van der Waals surface area contributed by atoms with E-state index in [1.807, 2.05) is 11.4 Å². The summed E-state index contributed by atoms with van der Waals surface area (Å²) in [6, 6.07) is 13.7. The van der Waals surface area contributed by atoms with Crippen molar-refractivity contribution in [2.24, 2.45) is 0 Å². The summed E-state index contributed by atoms with van der Waals surface area (Å²) in [5.74, 6) is -0.586. The molecule has 4 rings (SSSR count). The van der Waals surface area contributed by atoms with E-state index in [4.69, 9.17) is 4.74 Å². The second-order valence-electron chi connectivity index (χ2n) is 7.84. The number of carbonyl (C=O) groups is 2.